The molecule has 0 radical (unpaired) electrons. The molecule has 0 aromatic heterocycles. The third-order valence-corrected chi connectivity index (χ3v) is 6.94. The smallest absolute Gasteiger partial charge is 0.153 e. The number of ether oxygens (including phenoxy) is 1. The van der Waals surface area contributed by atoms with Gasteiger partial charge in [0.2, 0.25) is 0 Å². The van der Waals surface area contributed by atoms with E-state index < -0.39 is 9.84 Å². The second-order valence-electron chi connectivity index (χ2n) is 7.54. The molecular weight excluding hydrogens is 348 g/mol. The summed E-state index contributed by atoms with van der Waals surface area (Å²) in [5.41, 5.74) is 1.28. The number of piperazine rings is 1. The molecule has 144 valence electrons. The summed E-state index contributed by atoms with van der Waals surface area (Å²) in [6.45, 7) is 8.44. The summed E-state index contributed by atoms with van der Waals surface area (Å²) in [6.07, 6.45) is 3.11. The van der Waals surface area contributed by atoms with Gasteiger partial charge in [0.25, 0.3) is 0 Å². The van der Waals surface area contributed by atoms with E-state index in [9.17, 15) is 8.42 Å². The predicted octanol–water partition coefficient (Wildman–Crippen LogP) is 2.20. The van der Waals surface area contributed by atoms with Gasteiger partial charge in [-0.15, -0.1) is 0 Å². The number of sulfone groups is 1. The van der Waals surface area contributed by atoms with Gasteiger partial charge in [0, 0.05) is 38.3 Å². The van der Waals surface area contributed by atoms with Crippen LogP contribution in [0.15, 0.2) is 42.0 Å². The highest BCUT2D eigenvalue weighted by molar-refractivity contribution is 7.91. The molecule has 2 atom stereocenters. The molecule has 0 spiro atoms. The first kappa shape index (κ1) is 19.4. The number of para-hydroxylation sites is 1. The molecule has 1 aromatic carbocycles. The van der Waals surface area contributed by atoms with E-state index in [1.165, 1.54) is 5.57 Å². The molecular formula is C20H30N2O3S. The Morgan fingerprint density at radius 1 is 1.12 bits per heavy atom. The van der Waals surface area contributed by atoms with Crippen molar-refractivity contribution in [3.05, 3.63) is 42.0 Å². The third-order valence-electron chi connectivity index (χ3n) is 5.24. The molecule has 2 aliphatic rings. The standard InChI is InChI=1S/C20H30N2O3S/c1-17(2)9-11-22-13-12-21(19-15-26(23,24)16-20(19)22)10-6-14-25-18-7-4-3-5-8-18/h3-5,7-9,19-20H,6,10-16H2,1-2H3/t19-,20+/m1/s1. The Morgan fingerprint density at radius 3 is 2.46 bits per heavy atom. The summed E-state index contributed by atoms with van der Waals surface area (Å²) < 4.78 is 30.3. The zero-order valence-electron chi connectivity index (χ0n) is 15.8. The lowest BCUT2D eigenvalue weighted by Crippen LogP contribution is -2.59. The second-order valence-corrected chi connectivity index (χ2v) is 9.69. The van der Waals surface area contributed by atoms with Crippen LogP contribution in [-0.2, 0) is 9.84 Å². The topological polar surface area (TPSA) is 49.9 Å². The average Bonchev–Trinajstić information content (AvgIpc) is 2.93. The van der Waals surface area contributed by atoms with Gasteiger partial charge in [-0.05, 0) is 32.4 Å². The molecule has 1 aromatic rings. The summed E-state index contributed by atoms with van der Waals surface area (Å²) >= 11 is 0. The molecule has 0 bridgehead atoms. The van der Waals surface area contributed by atoms with Crippen LogP contribution in [0.5, 0.6) is 5.75 Å². The maximum atomic E-state index is 12.2. The van der Waals surface area contributed by atoms with Crippen LogP contribution >= 0.6 is 0 Å². The zero-order valence-corrected chi connectivity index (χ0v) is 16.6. The Labute approximate surface area is 157 Å². The zero-order chi connectivity index (χ0) is 18.6. The summed E-state index contributed by atoms with van der Waals surface area (Å²) in [7, 11) is -2.94. The Balaban J connectivity index is 1.54. The number of fused-ring (bicyclic) bond motifs is 1. The predicted molar refractivity (Wildman–Crippen MR) is 105 cm³/mol. The first-order chi connectivity index (χ1) is 12.4. The van der Waals surface area contributed by atoms with Crippen molar-refractivity contribution in [3.63, 3.8) is 0 Å². The maximum Gasteiger partial charge on any atom is 0.153 e. The van der Waals surface area contributed by atoms with Gasteiger partial charge in [0.15, 0.2) is 9.84 Å². The molecule has 5 nitrogen and oxygen atoms in total. The van der Waals surface area contributed by atoms with Crippen LogP contribution in [0.1, 0.15) is 20.3 Å². The number of hydrogen-bond donors (Lipinski definition) is 0. The van der Waals surface area contributed by atoms with Crippen LogP contribution in [0.2, 0.25) is 0 Å². The highest BCUT2D eigenvalue weighted by Gasteiger charge is 2.45. The van der Waals surface area contributed by atoms with Crippen LogP contribution in [0, 0.1) is 0 Å². The van der Waals surface area contributed by atoms with E-state index in [2.05, 4.69) is 29.7 Å². The van der Waals surface area contributed by atoms with Crippen molar-refractivity contribution < 1.29 is 13.2 Å². The van der Waals surface area contributed by atoms with E-state index in [0.717, 1.165) is 38.3 Å². The largest absolute Gasteiger partial charge is 0.494 e. The van der Waals surface area contributed by atoms with Crippen molar-refractivity contribution in [2.24, 2.45) is 0 Å². The molecule has 0 N–H and O–H groups in total. The number of benzene rings is 1. The van der Waals surface area contributed by atoms with E-state index in [0.29, 0.717) is 18.1 Å². The maximum absolute atomic E-state index is 12.2. The summed E-state index contributed by atoms with van der Waals surface area (Å²) in [5.74, 6) is 1.48. The van der Waals surface area contributed by atoms with E-state index in [1.807, 2.05) is 30.3 Å². The van der Waals surface area contributed by atoms with E-state index in [4.69, 9.17) is 4.74 Å². The lowest BCUT2D eigenvalue weighted by atomic mass is 10.0. The van der Waals surface area contributed by atoms with Crippen LogP contribution in [-0.4, -0.2) is 74.6 Å². The summed E-state index contributed by atoms with van der Waals surface area (Å²) in [5, 5.41) is 0. The van der Waals surface area contributed by atoms with Crippen molar-refractivity contribution >= 4 is 9.84 Å². The Morgan fingerprint density at radius 2 is 1.77 bits per heavy atom. The quantitative estimate of drug-likeness (QED) is 0.538. The molecule has 2 fully saturated rings. The van der Waals surface area contributed by atoms with E-state index in [-0.39, 0.29) is 12.1 Å². The molecule has 3 rings (SSSR count). The van der Waals surface area contributed by atoms with Gasteiger partial charge in [-0.1, -0.05) is 29.8 Å². The number of rotatable bonds is 7. The van der Waals surface area contributed by atoms with Crippen molar-refractivity contribution in [2.75, 3.05) is 44.3 Å². The van der Waals surface area contributed by atoms with Gasteiger partial charge >= 0.3 is 0 Å². The molecule has 0 saturated carbocycles. The van der Waals surface area contributed by atoms with Crippen LogP contribution in [0.4, 0.5) is 0 Å². The molecule has 26 heavy (non-hydrogen) atoms. The third kappa shape index (κ3) is 5.09. The van der Waals surface area contributed by atoms with Gasteiger partial charge in [-0.2, -0.15) is 0 Å². The summed E-state index contributed by atoms with van der Waals surface area (Å²) in [4.78, 5) is 4.71. The van der Waals surface area contributed by atoms with Gasteiger partial charge in [0.05, 0.1) is 18.1 Å². The normalized spacial score (nSPS) is 25.6. The fourth-order valence-corrected chi connectivity index (χ4v) is 5.92. The highest BCUT2D eigenvalue weighted by atomic mass is 32.2. The SMILES string of the molecule is CC(C)=CCN1CCN(CCCOc2ccccc2)[C@@H]2CS(=O)(=O)C[C@@H]21. The lowest BCUT2D eigenvalue weighted by Gasteiger charge is -2.43. The van der Waals surface area contributed by atoms with E-state index in [1.54, 1.807) is 0 Å². The van der Waals surface area contributed by atoms with E-state index >= 15 is 0 Å². The molecule has 0 aliphatic carbocycles. The Kier molecular flexibility index (Phi) is 6.37. The molecule has 2 aliphatic heterocycles. The summed E-state index contributed by atoms with van der Waals surface area (Å²) in [6, 6.07) is 10.1. The number of nitrogens with zero attached hydrogens (tertiary/aromatic N) is 2. The molecule has 2 heterocycles. The minimum atomic E-state index is -2.94. The van der Waals surface area contributed by atoms with Crippen LogP contribution in [0.3, 0.4) is 0 Å². The van der Waals surface area contributed by atoms with Gasteiger partial charge in [-0.3, -0.25) is 9.80 Å². The van der Waals surface area contributed by atoms with Gasteiger partial charge in [0.1, 0.15) is 5.75 Å². The molecule has 6 heteroatoms. The molecule has 2 saturated heterocycles. The molecule has 0 amide bonds. The minimum Gasteiger partial charge on any atom is -0.494 e. The van der Waals surface area contributed by atoms with Crippen molar-refractivity contribution in [3.8, 4) is 5.75 Å². The highest BCUT2D eigenvalue weighted by Crippen LogP contribution is 2.27. The Bertz CT molecular complexity index is 714. The van der Waals surface area contributed by atoms with Gasteiger partial charge in [-0.25, -0.2) is 8.42 Å². The molecule has 0 unspecified atom stereocenters. The van der Waals surface area contributed by atoms with Crippen LogP contribution < -0.4 is 4.74 Å². The first-order valence-corrected chi connectivity index (χ1v) is 11.3. The van der Waals surface area contributed by atoms with Crippen LogP contribution in [0.25, 0.3) is 0 Å². The fraction of sp³-hybridized carbons (Fsp3) is 0.600. The van der Waals surface area contributed by atoms with Crippen molar-refractivity contribution in [2.45, 2.75) is 32.4 Å². The Hall–Kier alpha value is -1.37. The monoisotopic (exact) mass is 378 g/mol. The van der Waals surface area contributed by atoms with Crippen molar-refractivity contribution in [1.82, 2.24) is 9.80 Å². The fourth-order valence-electron chi connectivity index (χ4n) is 3.88. The number of hydrogen-bond acceptors (Lipinski definition) is 5. The minimum absolute atomic E-state index is 0.121. The lowest BCUT2D eigenvalue weighted by molar-refractivity contribution is 0.0498. The second kappa shape index (κ2) is 8.55. The van der Waals surface area contributed by atoms with Gasteiger partial charge < -0.3 is 4.74 Å². The van der Waals surface area contributed by atoms with Crippen molar-refractivity contribution in [1.29, 1.82) is 0 Å². The average molecular weight is 379 g/mol. The first-order valence-electron chi connectivity index (χ1n) is 9.44. The number of allylic oxidation sites excluding steroid dienone is 1.